The molecule has 0 amide bonds. The molecule has 0 aromatic heterocycles. The van der Waals surface area contributed by atoms with Gasteiger partial charge in [0.05, 0.1) is 6.10 Å². The fourth-order valence-corrected chi connectivity index (χ4v) is 2.13. The summed E-state index contributed by atoms with van der Waals surface area (Å²) in [5.41, 5.74) is 0. The van der Waals surface area contributed by atoms with E-state index in [1.807, 2.05) is 0 Å². The zero-order chi connectivity index (χ0) is 9.68. The van der Waals surface area contributed by atoms with E-state index in [0.29, 0.717) is 6.10 Å². The molecular weight excluding hydrogens is 230 g/mol. The van der Waals surface area contributed by atoms with E-state index in [1.54, 1.807) is 0 Å². The first kappa shape index (κ1) is 11.2. The molecule has 0 N–H and O–H groups in total. The molecule has 1 fully saturated rings. The number of hydrogen-bond acceptors (Lipinski definition) is 2. The highest BCUT2D eigenvalue weighted by Crippen LogP contribution is 2.15. The summed E-state index contributed by atoms with van der Waals surface area (Å²) in [5, 5.41) is 0. The lowest BCUT2D eigenvalue weighted by molar-refractivity contribution is 0.00912. The topological polar surface area (TPSA) is 12.5 Å². The highest BCUT2D eigenvalue weighted by atomic mass is 79.9. The minimum Gasteiger partial charge on any atom is -0.377 e. The minimum absolute atomic E-state index is 0.436. The Morgan fingerprint density at radius 3 is 3.08 bits per heavy atom. The van der Waals surface area contributed by atoms with E-state index in [2.05, 4.69) is 34.3 Å². The summed E-state index contributed by atoms with van der Waals surface area (Å²) in [5.74, 6) is 0. The van der Waals surface area contributed by atoms with Crippen LogP contribution in [0.25, 0.3) is 0 Å². The van der Waals surface area contributed by atoms with Gasteiger partial charge in [-0.1, -0.05) is 22.5 Å². The van der Waals surface area contributed by atoms with Crippen molar-refractivity contribution >= 4 is 15.9 Å². The first-order valence-electron chi connectivity index (χ1n) is 4.89. The van der Waals surface area contributed by atoms with Crippen LogP contribution in [-0.2, 0) is 4.74 Å². The third-order valence-corrected chi connectivity index (χ3v) is 2.51. The number of halogens is 1. The summed E-state index contributed by atoms with van der Waals surface area (Å²) in [7, 11) is 0. The highest BCUT2D eigenvalue weighted by molar-refractivity contribution is 9.11. The molecular formula is C10H18BrNO. The van der Waals surface area contributed by atoms with Gasteiger partial charge in [0.25, 0.3) is 0 Å². The Balaban J connectivity index is 2.28. The predicted octanol–water partition coefficient (Wildman–Crippen LogP) is 2.40. The van der Waals surface area contributed by atoms with Crippen molar-refractivity contribution in [2.45, 2.75) is 25.9 Å². The first-order valence-corrected chi connectivity index (χ1v) is 5.69. The van der Waals surface area contributed by atoms with Crippen LogP contribution in [0.4, 0.5) is 0 Å². The Hall–Kier alpha value is 0.140. The van der Waals surface area contributed by atoms with Gasteiger partial charge in [-0.25, -0.2) is 0 Å². The van der Waals surface area contributed by atoms with Gasteiger partial charge in [0.1, 0.15) is 0 Å². The summed E-state index contributed by atoms with van der Waals surface area (Å²) in [4.78, 5) is 2.39. The predicted molar refractivity (Wildman–Crippen MR) is 59.2 cm³/mol. The molecule has 1 aliphatic rings. The normalized spacial score (nSPS) is 24.6. The maximum Gasteiger partial charge on any atom is 0.0702 e. The molecule has 2 nitrogen and oxygen atoms in total. The monoisotopic (exact) mass is 247 g/mol. The summed E-state index contributed by atoms with van der Waals surface area (Å²) in [6, 6.07) is 0. The van der Waals surface area contributed by atoms with E-state index in [9.17, 15) is 0 Å². The van der Waals surface area contributed by atoms with E-state index in [0.717, 1.165) is 24.2 Å². The minimum atomic E-state index is 0.436. The Kier molecular flexibility index (Phi) is 4.99. The van der Waals surface area contributed by atoms with Crippen molar-refractivity contribution in [1.29, 1.82) is 0 Å². The second kappa shape index (κ2) is 5.78. The Morgan fingerprint density at radius 2 is 2.46 bits per heavy atom. The van der Waals surface area contributed by atoms with Crippen molar-refractivity contribution in [2.75, 3.05) is 26.2 Å². The van der Waals surface area contributed by atoms with E-state index in [4.69, 9.17) is 4.74 Å². The Bertz CT molecular complexity index is 170. The van der Waals surface area contributed by atoms with Gasteiger partial charge >= 0.3 is 0 Å². The van der Waals surface area contributed by atoms with Gasteiger partial charge < -0.3 is 4.74 Å². The van der Waals surface area contributed by atoms with Crippen LogP contribution in [0.1, 0.15) is 19.8 Å². The molecule has 1 rings (SSSR count). The van der Waals surface area contributed by atoms with Crippen LogP contribution >= 0.6 is 15.9 Å². The molecule has 0 spiro atoms. The summed E-state index contributed by atoms with van der Waals surface area (Å²) < 4.78 is 6.67. The number of piperidine rings is 1. The zero-order valence-electron chi connectivity index (χ0n) is 8.26. The van der Waals surface area contributed by atoms with Gasteiger partial charge in [-0.05, 0) is 26.3 Å². The second-order valence-electron chi connectivity index (χ2n) is 3.47. The average Bonchev–Trinajstić information content (AvgIpc) is 2.04. The molecule has 1 heterocycles. The molecule has 1 aliphatic heterocycles. The van der Waals surface area contributed by atoms with Gasteiger partial charge in [-0.3, -0.25) is 4.90 Å². The molecule has 0 unspecified atom stereocenters. The smallest absolute Gasteiger partial charge is 0.0702 e. The van der Waals surface area contributed by atoms with Crippen molar-refractivity contribution in [3.63, 3.8) is 0 Å². The molecule has 0 saturated carbocycles. The second-order valence-corrected chi connectivity index (χ2v) is 4.59. The highest BCUT2D eigenvalue weighted by Gasteiger charge is 2.19. The van der Waals surface area contributed by atoms with E-state index >= 15 is 0 Å². The van der Waals surface area contributed by atoms with Crippen LogP contribution in [0.2, 0.25) is 0 Å². The molecule has 0 radical (unpaired) electrons. The van der Waals surface area contributed by atoms with Gasteiger partial charge in [0.2, 0.25) is 0 Å². The Labute approximate surface area is 89.1 Å². The van der Waals surface area contributed by atoms with Crippen LogP contribution in [0.3, 0.4) is 0 Å². The molecule has 76 valence electrons. The fourth-order valence-electron chi connectivity index (χ4n) is 1.77. The number of likely N-dealkylation sites (tertiary alicyclic amines) is 1. The SMILES string of the molecule is C=C(Br)CN1CCC[C@H](OCC)C1. The quantitative estimate of drug-likeness (QED) is 0.757. The summed E-state index contributed by atoms with van der Waals surface area (Å²) >= 11 is 3.39. The van der Waals surface area contributed by atoms with Gasteiger partial charge in [0.15, 0.2) is 0 Å². The summed E-state index contributed by atoms with van der Waals surface area (Å²) in [6.07, 6.45) is 2.88. The number of nitrogens with zero attached hydrogens (tertiary/aromatic N) is 1. The van der Waals surface area contributed by atoms with Gasteiger partial charge in [-0.15, -0.1) is 0 Å². The van der Waals surface area contributed by atoms with Crippen LogP contribution < -0.4 is 0 Å². The van der Waals surface area contributed by atoms with E-state index in [1.165, 1.54) is 19.4 Å². The number of ether oxygens (including phenoxy) is 1. The maximum absolute atomic E-state index is 5.61. The molecule has 3 heteroatoms. The molecule has 0 bridgehead atoms. The number of hydrogen-bond donors (Lipinski definition) is 0. The largest absolute Gasteiger partial charge is 0.377 e. The standard InChI is InChI=1S/C10H18BrNO/c1-3-13-10-5-4-6-12(8-10)7-9(2)11/h10H,2-8H2,1H3/t10-/m0/s1. The zero-order valence-corrected chi connectivity index (χ0v) is 9.85. The van der Waals surface area contributed by atoms with Crippen LogP contribution in [0, 0.1) is 0 Å². The van der Waals surface area contributed by atoms with Crippen molar-refractivity contribution in [1.82, 2.24) is 4.90 Å². The number of rotatable bonds is 4. The van der Waals surface area contributed by atoms with E-state index in [-0.39, 0.29) is 0 Å². The van der Waals surface area contributed by atoms with Crippen LogP contribution in [0.5, 0.6) is 0 Å². The van der Waals surface area contributed by atoms with Crippen molar-refractivity contribution < 1.29 is 4.74 Å². The Morgan fingerprint density at radius 1 is 1.69 bits per heavy atom. The fraction of sp³-hybridized carbons (Fsp3) is 0.800. The van der Waals surface area contributed by atoms with E-state index < -0.39 is 0 Å². The van der Waals surface area contributed by atoms with Crippen LogP contribution in [-0.4, -0.2) is 37.2 Å². The molecule has 0 aromatic carbocycles. The summed E-state index contributed by atoms with van der Waals surface area (Å²) in [6.45, 7) is 9.92. The molecule has 0 aliphatic carbocycles. The first-order chi connectivity index (χ1) is 6.22. The van der Waals surface area contributed by atoms with Gasteiger partial charge in [-0.2, -0.15) is 0 Å². The lowest BCUT2D eigenvalue weighted by Gasteiger charge is -2.32. The molecule has 1 saturated heterocycles. The lowest BCUT2D eigenvalue weighted by atomic mass is 10.1. The van der Waals surface area contributed by atoms with Crippen molar-refractivity contribution in [2.24, 2.45) is 0 Å². The molecule has 0 aromatic rings. The third kappa shape index (κ3) is 4.25. The van der Waals surface area contributed by atoms with Crippen molar-refractivity contribution in [3.8, 4) is 0 Å². The average molecular weight is 248 g/mol. The van der Waals surface area contributed by atoms with Gasteiger partial charge in [0, 0.05) is 24.2 Å². The molecule has 1 atom stereocenters. The maximum atomic E-state index is 5.61. The third-order valence-electron chi connectivity index (χ3n) is 2.26. The lowest BCUT2D eigenvalue weighted by Crippen LogP contribution is -2.40. The molecule has 13 heavy (non-hydrogen) atoms. The van der Waals surface area contributed by atoms with Crippen LogP contribution in [0.15, 0.2) is 11.1 Å². The van der Waals surface area contributed by atoms with Crippen molar-refractivity contribution in [3.05, 3.63) is 11.1 Å².